The molecule has 0 saturated heterocycles. The number of rotatable bonds is 12. The number of fused-ring (bicyclic) bond motifs is 3. The van der Waals surface area contributed by atoms with Crippen LogP contribution in [-0.2, 0) is 14.3 Å². The molecule has 0 aromatic heterocycles. The standard InChI is InChI=1S/C28H34N2O5/c31-25(30-19-28(14-8-15-28)17-26(32)33)13-2-1-7-16-29-27(34)35-18-24-22-11-5-3-9-20(22)21-10-4-6-12-23(21)24/h3-6,9-12,24H,1-2,7-8,13-19H2,(H,29,34)(H,30,31)(H,32,33). The third-order valence-corrected chi connectivity index (χ3v) is 7.29. The van der Waals surface area contributed by atoms with E-state index in [0.717, 1.165) is 38.5 Å². The highest BCUT2D eigenvalue weighted by molar-refractivity contribution is 5.79. The van der Waals surface area contributed by atoms with Gasteiger partial charge < -0.3 is 20.5 Å². The van der Waals surface area contributed by atoms with Crippen LogP contribution in [0.4, 0.5) is 4.79 Å². The molecule has 35 heavy (non-hydrogen) atoms. The van der Waals surface area contributed by atoms with Crippen molar-refractivity contribution in [1.29, 1.82) is 0 Å². The smallest absolute Gasteiger partial charge is 0.407 e. The third-order valence-electron chi connectivity index (χ3n) is 7.29. The zero-order valence-corrected chi connectivity index (χ0v) is 20.1. The normalized spacial score (nSPS) is 15.4. The number of unbranched alkanes of at least 4 members (excludes halogenated alkanes) is 2. The fraction of sp³-hybridized carbons (Fsp3) is 0.464. The van der Waals surface area contributed by atoms with Crippen LogP contribution in [0.5, 0.6) is 0 Å². The summed E-state index contributed by atoms with van der Waals surface area (Å²) in [4.78, 5) is 35.3. The number of benzene rings is 2. The highest BCUT2D eigenvalue weighted by Crippen LogP contribution is 2.45. The average Bonchev–Trinajstić information content (AvgIpc) is 3.15. The van der Waals surface area contributed by atoms with E-state index in [4.69, 9.17) is 9.84 Å². The Labute approximate surface area is 206 Å². The van der Waals surface area contributed by atoms with Gasteiger partial charge in [-0.05, 0) is 53.4 Å². The monoisotopic (exact) mass is 478 g/mol. The Hall–Kier alpha value is -3.35. The minimum atomic E-state index is -0.803. The SMILES string of the molecule is O=C(O)CC1(CNC(=O)CCCCCNC(=O)OCC2c3ccccc3-c3ccccc32)CCC1. The van der Waals surface area contributed by atoms with E-state index in [2.05, 4.69) is 34.9 Å². The fourth-order valence-electron chi connectivity index (χ4n) is 5.22. The Morgan fingerprint density at radius 2 is 1.57 bits per heavy atom. The van der Waals surface area contributed by atoms with Crippen LogP contribution in [0, 0.1) is 5.41 Å². The topological polar surface area (TPSA) is 105 Å². The Kier molecular flexibility index (Phi) is 8.06. The zero-order valence-electron chi connectivity index (χ0n) is 20.1. The van der Waals surface area contributed by atoms with Crippen LogP contribution in [0.2, 0.25) is 0 Å². The second-order valence-corrected chi connectivity index (χ2v) is 9.76. The summed E-state index contributed by atoms with van der Waals surface area (Å²) in [7, 11) is 0. The van der Waals surface area contributed by atoms with Gasteiger partial charge in [0.2, 0.25) is 5.91 Å². The number of hydrogen-bond donors (Lipinski definition) is 3. The molecule has 2 aliphatic carbocycles. The number of aliphatic carboxylic acids is 1. The zero-order chi connectivity index (χ0) is 24.7. The first-order valence-corrected chi connectivity index (χ1v) is 12.5. The number of nitrogens with one attached hydrogen (secondary N) is 2. The van der Waals surface area contributed by atoms with Crippen LogP contribution in [-0.4, -0.2) is 42.8 Å². The van der Waals surface area contributed by atoms with Crippen LogP contribution < -0.4 is 10.6 Å². The van der Waals surface area contributed by atoms with Gasteiger partial charge in [-0.25, -0.2) is 4.79 Å². The van der Waals surface area contributed by atoms with E-state index in [1.807, 2.05) is 24.3 Å². The third kappa shape index (κ3) is 6.21. The number of carbonyl (C=O) groups excluding carboxylic acids is 2. The summed E-state index contributed by atoms with van der Waals surface area (Å²) in [6, 6.07) is 16.5. The van der Waals surface area contributed by atoms with Gasteiger partial charge in [-0.1, -0.05) is 61.4 Å². The molecule has 0 bridgehead atoms. The molecule has 1 fully saturated rings. The van der Waals surface area contributed by atoms with Crippen molar-refractivity contribution in [2.45, 2.75) is 57.3 Å². The Bertz CT molecular complexity index is 1020. The molecule has 2 aromatic carbocycles. The summed E-state index contributed by atoms with van der Waals surface area (Å²) in [5, 5.41) is 14.8. The molecule has 2 aromatic rings. The molecule has 186 valence electrons. The number of carbonyl (C=O) groups is 3. The molecule has 7 heteroatoms. The Morgan fingerprint density at radius 1 is 0.914 bits per heavy atom. The molecule has 2 amide bonds. The van der Waals surface area contributed by atoms with Gasteiger partial charge >= 0.3 is 12.1 Å². The van der Waals surface area contributed by atoms with Gasteiger partial charge in [-0.3, -0.25) is 9.59 Å². The van der Waals surface area contributed by atoms with Crippen LogP contribution in [0.25, 0.3) is 11.1 Å². The molecular formula is C28H34N2O5. The summed E-state index contributed by atoms with van der Waals surface area (Å²) < 4.78 is 5.54. The molecule has 0 radical (unpaired) electrons. The van der Waals surface area contributed by atoms with Crippen molar-refractivity contribution in [1.82, 2.24) is 10.6 Å². The highest BCUT2D eigenvalue weighted by Gasteiger charge is 2.39. The predicted molar refractivity (Wildman–Crippen MR) is 133 cm³/mol. The van der Waals surface area contributed by atoms with Gasteiger partial charge in [0, 0.05) is 25.4 Å². The number of ether oxygens (including phenoxy) is 1. The van der Waals surface area contributed by atoms with Crippen molar-refractivity contribution in [3.8, 4) is 11.1 Å². The van der Waals surface area contributed by atoms with Crippen LogP contribution >= 0.6 is 0 Å². The van der Waals surface area contributed by atoms with E-state index < -0.39 is 12.1 Å². The first-order chi connectivity index (χ1) is 17.0. The van der Waals surface area contributed by atoms with Gasteiger partial charge in [0.25, 0.3) is 0 Å². The van der Waals surface area contributed by atoms with Crippen LogP contribution in [0.3, 0.4) is 0 Å². The molecule has 3 N–H and O–H groups in total. The minimum absolute atomic E-state index is 0.0360. The van der Waals surface area contributed by atoms with Gasteiger partial charge in [-0.15, -0.1) is 0 Å². The molecule has 0 heterocycles. The first-order valence-electron chi connectivity index (χ1n) is 12.5. The maximum absolute atomic E-state index is 12.2. The molecule has 2 aliphatic rings. The first kappa shape index (κ1) is 24.8. The number of hydrogen-bond acceptors (Lipinski definition) is 4. The van der Waals surface area contributed by atoms with E-state index in [9.17, 15) is 14.4 Å². The molecular weight excluding hydrogens is 444 g/mol. The molecule has 0 unspecified atom stereocenters. The lowest BCUT2D eigenvalue weighted by atomic mass is 9.66. The van der Waals surface area contributed by atoms with Gasteiger partial charge in [0.15, 0.2) is 0 Å². The Balaban J connectivity index is 1.10. The summed E-state index contributed by atoms with van der Waals surface area (Å²) in [6.45, 7) is 1.24. The lowest BCUT2D eigenvalue weighted by Gasteiger charge is -2.40. The van der Waals surface area contributed by atoms with Gasteiger partial charge in [0.05, 0.1) is 6.42 Å². The average molecular weight is 479 g/mol. The summed E-state index contributed by atoms with van der Waals surface area (Å²) in [6.07, 6.45) is 5.17. The van der Waals surface area contributed by atoms with E-state index >= 15 is 0 Å². The maximum Gasteiger partial charge on any atom is 0.407 e. The van der Waals surface area contributed by atoms with Crippen molar-refractivity contribution < 1.29 is 24.2 Å². The van der Waals surface area contributed by atoms with Crippen molar-refractivity contribution in [2.75, 3.05) is 19.7 Å². The molecule has 0 spiro atoms. The molecule has 1 saturated carbocycles. The van der Waals surface area contributed by atoms with Crippen LogP contribution in [0.1, 0.15) is 68.4 Å². The number of alkyl carbamates (subject to hydrolysis) is 1. The van der Waals surface area contributed by atoms with E-state index in [1.54, 1.807) is 0 Å². The summed E-state index contributed by atoms with van der Waals surface area (Å²) >= 11 is 0. The molecule has 0 aliphatic heterocycles. The number of carboxylic acids is 1. The minimum Gasteiger partial charge on any atom is -0.481 e. The quantitative estimate of drug-likeness (QED) is 0.379. The molecule has 0 atom stereocenters. The molecule has 4 rings (SSSR count). The highest BCUT2D eigenvalue weighted by atomic mass is 16.5. The summed E-state index contributed by atoms with van der Waals surface area (Å²) in [5.41, 5.74) is 4.52. The fourth-order valence-corrected chi connectivity index (χ4v) is 5.22. The maximum atomic E-state index is 12.2. The largest absolute Gasteiger partial charge is 0.481 e. The lowest BCUT2D eigenvalue weighted by Crippen LogP contribution is -2.43. The lowest BCUT2D eigenvalue weighted by molar-refractivity contribution is -0.141. The van der Waals surface area contributed by atoms with E-state index in [0.29, 0.717) is 26.1 Å². The summed E-state index contributed by atoms with van der Waals surface area (Å²) in [5.74, 6) is -0.796. The van der Waals surface area contributed by atoms with Gasteiger partial charge in [-0.2, -0.15) is 0 Å². The van der Waals surface area contributed by atoms with E-state index in [-0.39, 0.29) is 23.7 Å². The van der Waals surface area contributed by atoms with E-state index in [1.165, 1.54) is 22.3 Å². The van der Waals surface area contributed by atoms with Crippen molar-refractivity contribution in [3.63, 3.8) is 0 Å². The number of carboxylic acid groups (broad SMARTS) is 1. The number of amides is 2. The van der Waals surface area contributed by atoms with Gasteiger partial charge in [0.1, 0.15) is 6.61 Å². The predicted octanol–water partition coefficient (Wildman–Crippen LogP) is 4.85. The molecule has 7 nitrogen and oxygen atoms in total. The Morgan fingerprint density at radius 3 is 2.17 bits per heavy atom. The second-order valence-electron chi connectivity index (χ2n) is 9.76. The van der Waals surface area contributed by atoms with Crippen molar-refractivity contribution in [3.05, 3.63) is 59.7 Å². The van der Waals surface area contributed by atoms with Crippen LogP contribution in [0.15, 0.2) is 48.5 Å². The van der Waals surface area contributed by atoms with Crippen molar-refractivity contribution >= 4 is 18.0 Å². The van der Waals surface area contributed by atoms with Crippen molar-refractivity contribution in [2.24, 2.45) is 5.41 Å². The second kappa shape index (κ2) is 11.4.